The lowest BCUT2D eigenvalue weighted by Gasteiger charge is -2.46. The zero-order valence-corrected chi connectivity index (χ0v) is 11.6. The first kappa shape index (κ1) is 13.3. The van der Waals surface area contributed by atoms with Crippen LogP contribution in [0.25, 0.3) is 0 Å². The van der Waals surface area contributed by atoms with Gasteiger partial charge in [-0.15, -0.1) is 0 Å². The molecule has 0 amide bonds. The van der Waals surface area contributed by atoms with E-state index in [2.05, 4.69) is 25.7 Å². The van der Waals surface area contributed by atoms with Gasteiger partial charge in [-0.05, 0) is 45.1 Å². The second-order valence-corrected chi connectivity index (χ2v) is 6.22. The normalized spacial score (nSPS) is 44.8. The Bertz CT molecular complexity index is 259. The van der Waals surface area contributed by atoms with Crippen LogP contribution in [0.15, 0.2) is 0 Å². The Morgan fingerprint density at radius 1 is 1.41 bits per heavy atom. The van der Waals surface area contributed by atoms with Crippen molar-refractivity contribution < 1.29 is 4.74 Å². The van der Waals surface area contributed by atoms with Gasteiger partial charge in [0.25, 0.3) is 0 Å². The predicted octanol–water partition coefficient (Wildman–Crippen LogP) is 2.00. The third-order valence-corrected chi connectivity index (χ3v) is 4.84. The molecule has 17 heavy (non-hydrogen) atoms. The van der Waals surface area contributed by atoms with Crippen molar-refractivity contribution in [2.24, 2.45) is 11.7 Å². The lowest BCUT2D eigenvalue weighted by atomic mass is 9.86. The van der Waals surface area contributed by atoms with Gasteiger partial charge in [-0.25, -0.2) is 0 Å². The number of ether oxygens (including phenoxy) is 1. The van der Waals surface area contributed by atoms with Gasteiger partial charge in [0.05, 0.1) is 5.60 Å². The van der Waals surface area contributed by atoms with E-state index in [4.69, 9.17) is 10.5 Å². The van der Waals surface area contributed by atoms with Gasteiger partial charge in [-0.2, -0.15) is 0 Å². The summed E-state index contributed by atoms with van der Waals surface area (Å²) >= 11 is 0. The monoisotopic (exact) mass is 240 g/mol. The minimum atomic E-state index is 0.103. The third kappa shape index (κ3) is 3.01. The number of likely N-dealkylation sites (tertiary alicyclic amines) is 1. The highest BCUT2D eigenvalue weighted by atomic mass is 16.5. The number of piperidine rings is 1. The first-order valence-electron chi connectivity index (χ1n) is 7.17. The molecule has 0 bridgehead atoms. The van der Waals surface area contributed by atoms with Crippen molar-refractivity contribution >= 4 is 0 Å². The second-order valence-electron chi connectivity index (χ2n) is 6.22. The first-order chi connectivity index (χ1) is 8.04. The molecule has 2 aliphatic rings. The molecule has 2 heterocycles. The average molecular weight is 240 g/mol. The zero-order chi connectivity index (χ0) is 12.5. The highest BCUT2D eigenvalue weighted by Crippen LogP contribution is 2.32. The topological polar surface area (TPSA) is 38.5 Å². The molecule has 3 nitrogen and oxygen atoms in total. The van der Waals surface area contributed by atoms with Crippen LogP contribution in [-0.2, 0) is 4.74 Å². The van der Waals surface area contributed by atoms with Crippen LogP contribution in [0.1, 0.15) is 46.5 Å². The lowest BCUT2D eigenvalue weighted by Crippen LogP contribution is -2.53. The van der Waals surface area contributed by atoms with Crippen LogP contribution in [0.5, 0.6) is 0 Å². The summed E-state index contributed by atoms with van der Waals surface area (Å²) in [5.74, 6) is 0.638. The van der Waals surface area contributed by atoms with E-state index in [1.807, 2.05) is 0 Å². The summed E-state index contributed by atoms with van der Waals surface area (Å²) < 4.78 is 5.93. The Labute approximate surface area is 106 Å². The number of hydrogen-bond acceptors (Lipinski definition) is 3. The van der Waals surface area contributed by atoms with Crippen molar-refractivity contribution in [1.29, 1.82) is 0 Å². The van der Waals surface area contributed by atoms with E-state index in [0.717, 1.165) is 19.4 Å². The SMILES string of the molecule is CCC1(C)CC(N2CCC(N)C(C)C2)CCO1. The van der Waals surface area contributed by atoms with Gasteiger partial charge < -0.3 is 10.5 Å². The van der Waals surface area contributed by atoms with Gasteiger partial charge in [0.15, 0.2) is 0 Å². The fourth-order valence-electron chi connectivity index (χ4n) is 3.19. The van der Waals surface area contributed by atoms with Crippen LogP contribution >= 0.6 is 0 Å². The van der Waals surface area contributed by atoms with E-state index in [0.29, 0.717) is 18.0 Å². The molecule has 0 radical (unpaired) electrons. The number of hydrogen-bond donors (Lipinski definition) is 1. The molecule has 2 N–H and O–H groups in total. The molecule has 3 heteroatoms. The highest BCUT2D eigenvalue weighted by molar-refractivity contribution is 4.90. The molecular formula is C14H28N2O. The Hall–Kier alpha value is -0.120. The van der Waals surface area contributed by atoms with Crippen molar-refractivity contribution in [2.45, 2.75) is 64.1 Å². The Kier molecular flexibility index (Phi) is 4.11. The smallest absolute Gasteiger partial charge is 0.0666 e. The first-order valence-corrected chi connectivity index (χ1v) is 7.17. The summed E-state index contributed by atoms with van der Waals surface area (Å²) in [4.78, 5) is 2.66. The van der Waals surface area contributed by atoms with Crippen molar-refractivity contribution in [3.63, 3.8) is 0 Å². The average Bonchev–Trinajstić information content (AvgIpc) is 2.33. The number of rotatable bonds is 2. The maximum atomic E-state index is 6.10. The highest BCUT2D eigenvalue weighted by Gasteiger charge is 2.36. The molecule has 100 valence electrons. The molecule has 0 aromatic heterocycles. The maximum absolute atomic E-state index is 6.10. The molecule has 2 rings (SSSR count). The fourth-order valence-corrected chi connectivity index (χ4v) is 3.19. The molecule has 0 aromatic rings. The van der Waals surface area contributed by atoms with Gasteiger partial charge in [-0.1, -0.05) is 13.8 Å². The molecule has 2 fully saturated rings. The van der Waals surface area contributed by atoms with Crippen LogP contribution in [0.4, 0.5) is 0 Å². The predicted molar refractivity (Wildman–Crippen MR) is 71.0 cm³/mol. The maximum Gasteiger partial charge on any atom is 0.0666 e. The van der Waals surface area contributed by atoms with Crippen molar-refractivity contribution in [2.75, 3.05) is 19.7 Å². The largest absolute Gasteiger partial charge is 0.375 e. The molecule has 2 saturated heterocycles. The molecule has 0 saturated carbocycles. The number of nitrogens with two attached hydrogens (primary N) is 1. The van der Waals surface area contributed by atoms with E-state index in [-0.39, 0.29) is 5.60 Å². The van der Waals surface area contributed by atoms with Crippen molar-refractivity contribution in [1.82, 2.24) is 4.90 Å². The van der Waals surface area contributed by atoms with E-state index >= 15 is 0 Å². The Morgan fingerprint density at radius 2 is 2.18 bits per heavy atom. The standard InChI is InChI=1S/C14H28N2O/c1-4-14(3)9-12(6-8-17-14)16-7-5-13(15)11(2)10-16/h11-13H,4-10,15H2,1-3H3. The molecule has 4 unspecified atom stereocenters. The van der Waals surface area contributed by atoms with E-state index in [9.17, 15) is 0 Å². The Morgan fingerprint density at radius 3 is 2.82 bits per heavy atom. The van der Waals surface area contributed by atoms with Crippen molar-refractivity contribution in [3.05, 3.63) is 0 Å². The third-order valence-electron chi connectivity index (χ3n) is 4.84. The van der Waals surface area contributed by atoms with Gasteiger partial charge in [-0.3, -0.25) is 4.90 Å². The van der Waals surface area contributed by atoms with Gasteiger partial charge >= 0.3 is 0 Å². The molecule has 0 aromatic carbocycles. The molecular weight excluding hydrogens is 212 g/mol. The van der Waals surface area contributed by atoms with Gasteiger partial charge in [0.2, 0.25) is 0 Å². The lowest BCUT2D eigenvalue weighted by molar-refractivity contribution is -0.101. The minimum absolute atomic E-state index is 0.103. The van der Waals surface area contributed by atoms with Crippen LogP contribution in [0.2, 0.25) is 0 Å². The summed E-state index contributed by atoms with van der Waals surface area (Å²) in [6, 6.07) is 1.12. The van der Waals surface area contributed by atoms with E-state index < -0.39 is 0 Å². The Balaban J connectivity index is 1.94. The summed E-state index contributed by atoms with van der Waals surface area (Å²) in [5, 5.41) is 0. The summed E-state index contributed by atoms with van der Waals surface area (Å²) in [7, 11) is 0. The molecule has 4 atom stereocenters. The number of nitrogens with zero attached hydrogens (tertiary/aromatic N) is 1. The zero-order valence-electron chi connectivity index (χ0n) is 11.6. The van der Waals surface area contributed by atoms with Crippen LogP contribution < -0.4 is 5.73 Å². The molecule has 2 aliphatic heterocycles. The van der Waals surface area contributed by atoms with E-state index in [1.165, 1.54) is 25.9 Å². The summed E-state index contributed by atoms with van der Waals surface area (Å²) in [5.41, 5.74) is 6.20. The summed E-state index contributed by atoms with van der Waals surface area (Å²) in [6.45, 7) is 10.1. The second kappa shape index (κ2) is 5.25. The van der Waals surface area contributed by atoms with Crippen LogP contribution in [0, 0.1) is 5.92 Å². The van der Waals surface area contributed by atoms with Crippen molar-refractivity contribution in [3.8, 4) is 0 Å². The van der Waals surface area contributed by atoms with Crippen LogP contribution in [0.3, 0.4) is 0 Å². The fraction of sp³-hybridized carbons (Fsp3) is 1.00. The van der Waals surface area contributed by atoms with Gasteiger partial charge in [0, 0.05) is 25.2 Å². The van der Waals surface area contributed by atoms with E-state index in [1.54, 1.807) is 0 Å². The summed E-state index contributed by atoms with van der Waals surface area (Å²) in [6.07, 6.45) is 4.65. The quantitative estimate of drug-likeness (QED) is 0.802. The molecule has 0 spiro atoms. The molecule has 0 aliphatic carbocycles. The minimum Gasteiger partial charge on any atom is -0.375 e. The van der Waals surface area contributed by atoms with Gasteiger partial charge in [0.1, 0.15) is 0 Å². The van der Waals surface area contributed by atoms with Crippen LogP contribution in [-0.4, -0.2) is 42.3 Å².